The SMILES string of the molecule is CCNC(=NCc1ccc(C(=O)NCC(N)=O)cc1)NC1CC1. The predicted molar refractivity (Wildman–Crippen MR) is 88.9 cm³/mol. The van der Waals surface area contributed by atoms with Crippen molar-refractivity contribution in [3.05, 3.63) is 35.4 Å². The zero-order valence-electron chi connectivity index (χ0n) is 13.3. The molecule has 0 bridgehead atoms. The molecule has 7 nitrogen and oxygen atoms in total. The molecule has 124 valence electrons. The summed E-state index contributed by atoms with van der Waals surface area (Å²) in [7, 11) is 0. The second-order valence-corrected chi connectivity index (χ2v) is 5.46. The Morgan fingerprint density at radius 1 is 1.22 bits per heavy atom. The van der Waals surface area contributed by atoms with Crippen molar-refractivity contribution in [1.29, 1.82) is 0 Å². The molecule has 0 saturated heterocycles. The molecule has 0 unspecified atom stereocenters. The van der Waals surface area contributed by atoms with Gasteiger partial charge in [-0.3, -0.25) is 9.59 Å². The van der Waals surface area contributed by atoms with Crippen molar-refractivity contribution in [3.8, 4) is 0 Å². The quantitative estimate of drug-likeness (QED) is 0.423. The van der Waals surface area contributed by atoms with Crippen LogP contribution < -0.4 is 21.7 Å². The molecule has 1 aromatic carbocycles. The first kappa shape index (κ1) is 16.8. The van der Waals surface area contributed by atoms with Crippen LogP contribution in [-0.4, -0.2) is 36.9 Å². The lowest BCUT2D eigenvalue weighted by Crippen LogP contribution is -2.38. The van der Waals surface area contributed by atoms with E-state index in [1.807, 2.05) is 19.1 Å². The highest BCUT2D eigenvalue weighted by Gasteiger charge is 2.21. The van der Waals surface area contributed by atoms with Gasteiger partial charge in [0, 0.05) is 18.2 Å². The summed E-state index contributed by atoms with van der Waals surface area (Å²) in [6.07, 6.45) is 2.39. The molecular formula is C16H23N5O2. The van der Waals surface area contributed by atoms with Gasteiger partial charge in [-0.15, -0.1) is 0 Å². The standard InChI is InChI=1S/C16H23N5O2/c1-2-18-16(21-13-7-8-13)20-9-11-3-5-12(6-4-11)15(23)19-10-14(17)22/h3-6,13H,2,7-10H2,1H3,(H2,17,22)(H,19,23)(H2,18,20,21). The second-order valence-electron chi connectivity index (χ2n) is 5.46. The lowest BCUT2D eigenvalue weighted by molar-refractivity contribution is -0.117. The third kappa shape index (κ3) is 5.98. The molecule has 7 heteroatoms. The molecule has 1 aliphatic carbocycles. The molecule has 1 fully saturated rings. The van der Waals surface area contributed by atoms with Crippen LogP contribution >= 0.6 is 0 Å². The largest absolute Gasteiger partial charge is 0.368 e. The molecule has 0 radical (unpaired) electrons. The maximum Gasteiger partial charge on any atom is 0.251 e. The first-order valence-corrected chi connectivity index (χ1v) is 7.78. The van der Waals surface area contributed by atoms with Gasteiger partial charge in [-0.2, -0.15) is 0 Å². The van der Waals surface area contributed by atoms with Gasteiger partial charge in [-0.1, -0.05) is 12.1 Å². The van der Waals surface area contributed by atoms with Crippen molar-refractivity contribution < 1.29 is 9.59 Å². The van der Waals surface area contributed by atoms with E-state index in [1.165, 1.54) is 12.8 Å². The topological polar surface area (TPSA) is 109 Å². The summed E-state index contributed by atoms with van der Waals surface area (Å²) in [5.41, 5.74) is 6.49. The van der Waals surface area contributed by atoms with Crippen LogP contribution in [0.25, 0.3) is 0 Å². The number of nitrogens with two attached hydrogens (primary N) is 1. The van der Waals surface area contributed by atoms with Crippen LogP contribution in [0.5, 0.6) is 0 Å². The molecule has 0 aliphatic heterocycles. The molecule has 2 amide bonds. The van der Waals surface area contributed by atoms with E-state index in [9.17, 15) is 9.59 Å². The Kier molecular flexibility index (Phi) is 5.96. The number of carbonyl (C=O) groups is 2. The number of carbonyl (C=O) groups excluding carboxylic acids is 2. The molecule has 0 aromatic heterocycles. The van der Waals surface area contributed by atoms with E-state index in [0.29, 0.717) is 18.2 Å². The number of hydrogen-bond donors (Lipinski definition) is 4. The normalized spacial score (nSPS) is 14.2. The Labute approximate surface area is 135 Å². The predicted octanol–water partition coefficient (Wildman–Crippen LogP) is 0.119. The Morgan fingerprint density at radius 2 is 1.91 bits per heavy atom. The first-order valence-electron chi connectivity index (χ1n) is 7.78. The molecule has 0 atom stereocenters. The minimum absolute atomic E-state index is 0.163. The zero-order valence-corrected chi connectivity index (χ0v) is 13.3. The van der Waals surface area contributed by atoms with Crippen LogP contribution in [0.4, 0.5) is 0 Å². The molecule has 2 rings (SSSR count). The molecule has 0 spiro atoms. The number of rotatable bonds is 7. The first-order chi connectivity index (χ1) is 11.1. The lowest BCUT2D eigenvalue weighted by atomic mass is 10.1. The van der Waals surface area contributed by atoms with Crippen molar-refractivity contribution >= 4 is 17.8 Å². The third-order valence-corrected chi connectivity index (χ3v) is 3.32. The molecule has 0 heterocycles. The van der Waals surface area contributed by atoms with E-state index in [4.69, 9.17) is 5.73 Å². The summed E-state index contributed by atoms with van der Waals surface area (Å²) in [4.78, 5) is 27.0. The van der Waals surface area contributed by atoms with Crippen molar-refractivity contribution in [3.63, 3.8) is 0 Å². The van der Waals surface area contributed by atoms with Crippen molar-refractivity contribution in [2.75, 3.05) is 13.1 Å². The highest BCUT2D eigenvalue weighted by Crippen LogP contribution is 2.18. The maximum atomic E-state index is 11.8. The van der Waals surface area contributed by atoms with Gasteiger partial charge >= 0.3 is 0 Å². The minimum Gasteiger partial charge on any atom is -0.368 e. The Hall–Kier alpha value is -2.57. The number of primary amides is 1. The van der Waals surface area contributed by atoms with E-state index < -0.39 is 5.91 Å². The summed E-state index contributed by atoms with van der Waals surface area (Å²) in [5, 5.41) is 9.01. The van der Waals surface area contributed by atoms with Gasteiger partial charge in [0.05, 0.1) is 13.1 Å². The summed E-state index contributed by atoms with van der Waals surface area (Å²) in [5.74, 6) is -0.0655. The fourth-order valence-corrected chi connectivity index (χ4v) is 1.94. The van der Waals surface area contributed by atoms with Gasteiger partial charge in [0.2, 0.25) is 5.91 Å². The third-order valence-electron chi connectivity index (χ3n) is 3.32. The molecular weight excluding hydrogens is 294 g/mol. The van der Waals surface area contributed by atoms with Crippen LogP contribution in [0.1, 0.15) is 35.7 Å². The second kappa shape index (κ2) is 8.17. The molecule has 1 saturated carbocycles. The molecule has 5 N–H and O–H groups in total. The average Bonchev–Trinajstić information content (AvgIpc) is 3.35. The van der Waals surface area contributed by atoms with Crippen molar-refractivity contribution in [2.45, 2.75) is 32.4 Å². The van der Waals surface area contributed by atoms with E-state index >= 15 is 0 Å². The fraction of sp³-hybridized carbons (Fsp3) is 0.438. The summed E-state index contributed by atoms with van der Waals surface area (Å²) >= 11 is 0. The van der Waals surface area contributed by atoms with Crippen LogP contribution in [0, 0.1) is 0 Å². The fourth-order valence-electron chi connectivity index (χ4n) is 1.94. The van der Waals surface area contributed by atoms with Gasteiger partial charge in [-0.05, 0) is 37.5 Å². The number of amides is 2. The van der Waals surface area contributed by atoms with Gasteiger partial charge in [0.15, 0.2) is 5.96 Å². The van der Waals surface area contributed by atoms with E-state index in [2.05, 4.69) is 20.9 Å². The van der Waals surface area contributed by atoms with Crippen LogP contribution in [0.15, 0.2) is 29.3 Å². The lowest BCUT2D eigenvalue weighted by Gasteiger charge is -2.10. The number of benzene rings is 1. The van der Waals surface area contributed by atoms with Gasteiger partial charge in [-0.25, -0.2) is 4.99 Å². The van der Waals surface area contributed by atoms with E-state index in [0.717, 1.165) is 18.1 Å². The maximum absolute atomic E-state index is 11.8. The highest BCUT2D eigenvalue weighted by atomic mass is 16.2. The van der Waals surface area contributed by atoms with Crippen LogP contribution in [-0.2, 0) is 11.3 Å². The average molecular weight is 317 g/mol. The van der Waals surface area contributed by atoms with Crippen molar-refractivity contribution in [2.24, 2.45) is 10.7 Å². The Morgan fingerprint density at radius 3 is 2.48 bits per heavy atom. The zero-order chi connectivity index (χ0) is 16.7. The highest BCUT2D eigenvalue weighted by molar-refractivity contribution is 5.96. The monoisotopic (exact) mass is 317 g/mol. The minimum atomic E-state index is -0.566. The Balaban J connectivity index is 1.90. The van der Waals surface area contributed by atoms with Gasteiger partial charge in [0.25, 0.3) is 5.91 Å². The van der Waals surface area contributed by atoms with Crippen molar-refractivity contribution in [1.82, 2.24) is 16.0 Å². The van der Waals surface area contributed by atoms with Gasteiger partial charge < -0.3 is 21.7 Å². The smallest absolute Gasteiger partial charge is 0.251 e. The molecule has 1 aromatic rings. The summed E-state index contributed by atoms with van der Waals surface area (Å²) in [6, 6.07) is 7.67. The number of hydrogen-bond acceptors (Lipinski definition) is 3. The van der Waals surface area contributed by atoms with E-state index in [-0.39, 0.29) is 12.5 Å². The molecule has 23 heavy (non-hydrogen) atoms. The number of guanidine groups is 1. The van der Waals surface area contributed by atoms with Gasteiger partial charge in [0.1, 0.15) is 0 Å². The van der Waals surface area contributed by atoms with E-state index in [1.54, 1.807) is 12.1 Å². The number of aliphatic imine (C=N–C) groups is 1. The number of nitrogens with zero attached hydrogens (tertiary/aromatic N) is 1. The Bertz CT molecular complexity index is 579. The van der Waals surface area contributed by atoms with Crippen LogP contribution in [0.3, 0.4) is 0 Å². The summed E-state index contributed by atoms with van der Waals surface area (Å²) in [6.45, 7) is 3.22. The van der Waals surface area contributed by atoms with Crippen LogP contribution in [0.2, 0.25) is 0 Å². The summed E-state index contributed by atoms with van der Waals surface area (Å²) < 4.78 is 0. The number of nitrogens with one attached hydrogen (secondary N) is 3. The molecule has 1 aliphatic rings.